The molecular weight excluding hydrogens is 152 g/mol. The van der Waals surface area contributed by atoms with Gasteiger partial charge < -0.3 is 0 Å². The third-order valence-electron chi connectivity index (χ3n) is 1.29. The highest BCUT2D eigenvalue weighted by atomic mass is 19.3. The summed E-state index contributed by atoms with van der Waals surface area (Å²) in [5.41, 5.74) is 5.14. The molecule has 0 spiro atoms. The lowest BCUT2D eigenvalue weighted by Gasteiger charge is -1.98. The van der Waals surface area contributed by atoms with E-state index in [1.54, 1.807) is 0 Å². The molecule has 0 saturated heterocycles. The van der Waals surface area contributed by atoms with E-state index in [2.05, 4.69) is 0 Å². The van der Waals surface area contributed by atoms with Gasteiger partial charge in [0.1, 0.15) is 6.20 Å². The van der Waals surface area contributed by atoms with Crippen molar-refractivity contribution >= 4 is 5.82 Å². The van der Waals surface area contributed by atoms with Gasteiger partial charge in [0.15, 0.2) is 0 Å². The van der Waals surface area contributed by atoms with E-state index in [1.165, 1.54) is 12.3 Å². The molecule has 1 aromatic rings. The van der Waals surface area contributed by atoms with Gasteiger partial charge in [0, 0.05) is 11.6 Å². The van der Waals surface area contributed by atoms with Crippen LogP contribution < -0.4 is 16.3 Å². The van der Waals surface area contributed by atoms with E-state index < -0.39 is 6.43 Å². The van der Waals surface area contributed by atoms with Gasteiger partial charge in [0.25, 0.3) is 12.2 Å². The SMILES string of the molecule is Nc1cc(C(F)F)cc[n+]1N. The first kappa shape index (κ1) is 7.71. The predicted molar refractivity (Wildman–Crippen MR) is 36.2 cm³/mol. The average Bonchev–Trinajstić information content (AvgIpc) is 1.94. The Hall–Kier alpha value is -1.39. The highest BCUT2D eigenvalue weighted by molar-refractivity contribution is 5.27. The van der Waals surface area contributed by atoms with E-state index in [-0.39, 0.29) is 11.4 Å². The lowest BCUT2D eigenvalue weighted by molar-refractivity contribution is -0.623. The number of halogens is 2. The third-order valence-corrected chi connectivity index (χ3v) is 1.29. The molecule has 0 aromatic carbocycles. The molecule has 11 heavy (non-hydrogen) atoms. The van der Waals surface area contributed by atoms with Crippen molar-refractivity contribution in [1.29, 1.82) is 0 Å². The molecule has 0 aliphatic heterocycles. The van der Waals surface area contributed by atoms with Gasteiger partial charge in [-0.15, -0.1) is 4.68 Å². The van der Waals surface area contributed by atoms with Crippen molar-refractivity contribution in [3.63, 3.8) is 0 Å². The van der Waals surface area contributed by atoms with Crippen molar-refractivity contribution in [2.24, 2.45) is 0 Å². The zero-order chi connectivity index (χ0) is 8.43. The molecule has 60 valence electrons. The molecule has 5 heteroatoms. The molecule has 3 nitrogen and oxygen atoms in total. The second-order valence-electron chi connectivity index (χ2n) is 2.09. The van der Waals surface area contributed by atoms with Crippen molar-refractivity contribution in [2.75, 3.05) is 11.6 Å². The van der Waals surface area contributed by atoms with Crippen LogP contribution in [0.1, 0.15) is 12.0 Å². The van der Waals surface area contributed by atoms with Gasteiger partial charge in [0.2, 0.25) is 0 Å². The number of hydrogen-bond acceptors (Lipinski definition) is 2. The Morgan fingerprint density at radius 2 is 2.09 bits per heavy atom. The van der Waals surface area contributed by atoms with Gasteiger partial charge in [-0.1, -0.05) is 0 Å². The number of alkyl halides is 2. The fraction of sp³-hybridized carbons (Fsp3) is 0.167. The van der Waals surface area contributed by atoms with Crippen LogP contribution in [-0.2, 0) is 0 Å². The summed E-state index contributed by atoms with van der Waals surface area (Å²) in [5.74, 6) is 5.35. The van der Waals surface area contributed by atoms with Crippen LogP contribution in [-0.4, -0.2) is 0 Å². The van der Waals surface area contributed by atoms with Crippen LogP contribution in [0.5, 0.6) is 0 Å². The number of aromatic nitrogens is 1. The van der Waals surface area contributed by atoms with Crippen LogP contribution in [0.15, 0.2) is 18.3 Å². The largest absolute Gasteiger partial charge is 0.295 e. The number of nitrogen functional groups attached to an aromatic ring is 2. The first-order chi connectivity index (χ1) is 5.11. The summed E-state index contributed by atoms with van der Waals surface area (Å²) in [6, 6.07) is 2.37. The molecule has 0 unspecified atom stereocenters. The summed E-state index contributed by atoms with van der Waals surface area (Å²) < 4.78 is 25.0. The number of pyridine rings is 1. The summed E-state index contributed by atoms with van der Waals surface area (Å²) in [6.45, 7) is 0. The normalized spacial score (nSPS) is 10.5. The van der Waals surface area contributed by atoms with Crippen LogP contribution >= 0.6 is 0 Å². The Kier molecular flexibility index (Phi) is 1.89. The summed E-state index contributed by atoms with van der Waals surface area (Å²) in [6.07, 6.45) is -1.21. The minimum atomic E-state index is -2.50. The average molecular weight is 160 g/mol. The lowest BCUT2D eigenvalue weighted by Crippen LogP contribution is -2.46. The van der Waals surface area contributed by atoms with Gasteiger partial charge in [0.05, 0.1) is 0 Å². The number of anilines is 1. The second-order valence-corrected chi connectivity index (χ2v) is 2.09. The first-order valence-electron chi connectivity index (χ1n) is 2.95. The highest BCUT2D eigenvalue weighted by Gasteiger charge is 2.10. The molecule has 0 atom stereocenters. The lowest BCUT2D eigenvalue weighted by atomic mass is 10.3. The summed E-state index contributed by atoms with van der Waals surface area (Å²) >= 11 is 0. The molecular formula is C6H8F2N3+. The van der Waals surface area contributed by atoms with Gasteiger partial charge in [-0.05, 0) is 6.07 Å². The molecule has 0 aliphatic rings. The second kappa shape index (κ2) is 2.69. The summed E-state index contributed by atoms with van der Waals surface area (Å²) in [4.78, 5) is 0. The molecule has 0 aliphatic carbocycles. The topological polar surface area (TPSA) is 55.9 Å². The van der Waals surface area contributed by atoms with Crippen molar-refractivity contribution < 1.29 is 13.5 Å². The van der Waals surface area contributed by atoms with Crippen molar-refractivity contribution in [2.45, 2.75) is 6.43 Å². The van der Waals surface area contributed by atoms with Crippen LogP contribution in [0, 0.1) is 0 Å². The molecule has 1 heterocycles. The third kappa shape index (κ3) is 1.54. The molecule has 1 aromatic heterocycles. The van der Waals surface area contributed by atoms with E-state index in [9.17, 15) is 8.78 Å². The Bertz CT molecular complexity index is 262. The Morgan fingerprint density at radius 3 is 2.55 bits per heavy atom. The number of hydrogen-bond donors (Lipinski definition) is 2. The van der Waals surface area contributed by atoms with Gasteiger partial charge >= 0.3 is 0 Å². The van der Waals surface area contributed by atoms with Crippen LogP contribution in [0.25, 0.3) is 0 Å². The highest BCUT2D eigenvalue weighted by Crippen LogP contribution is 2.17. The minimum Gasteiger partial charge on any atom is -0.285 e. The molecule has 0 amide bonds. The number of nitrogens with two attached hydrogens (primary N) is 2. The molecule has 4 N–H and O–H groups in total. The minimum absolute atomic E-state index is 0.114. The Balaban J connectivity index is 3.05. The van der Waals surface area contributed by atoms with Gasteiger partial charge in [-0.25, -0.2) is 8.78 Å². The monoisotopic (exact) mass is 160 g/mol. The van der Waals surface area contributed by atoms with Gasteiger partial charge in [-0.2, -0.15) is 0 Å². The fourth-order valence-corrected chi connectivity index (χ4v) is 0.682. The zero-order valence-electron chi connectivity index (χ0n) is 5.67. The molecule has 0 bridgehead atoms. The predicted octanol–water partition coefficient (Wildman–Crippen LogP) is 0.208. The Morgan fingerprint density at radius 1 is 1.45 bits per heavy atom. The Labute approximate surface area is 62.2 Å². The first-order valence-corrected chi connectivity index (χ1v) is 2.95. The molecule has 1 rings (SSSR count). The van der Waals surface area contributed by atoms with Crippen LogP contribution in [0.3, 0.4) is 0 Å². The van der Waals surface area contributed by atoms with Crippen LogP contribution in [0.4, 0.5) is 14.6 Å². The summed E-state index contributed by atoms with van der Waals surface area (Å²) in [5, 5.41) is 0. The number of rotatable bonds is 1. The van der Waals surface area contributed by atoms with E-state index in [0.717, 1.165) is 10.7 Å². The molecule has 0 saturated carbocycles. The summed E-state index contributed by atoms with van der Waals surface area (Å²) in [7, 11) is 0. The maximum absolute atomic E-state index is 12.0. The standard InChI is InChI=1S/C6H7F2N3/c7-6(8)4-1-2-11(10)5(9)3-4/h1-3,6,9H,10H2/p+1. The smallest absolute Gasteiger partial charge is 0.285 e. The van der Waals surface area contributed by atoms with Crippen molar-refractivity contribution in [3.05, 3.63) is 23.9 Å². The van der Waals surface area contributed by atoms with E-state index >= 15 is 0 Å². The van der Waals surface area contributed by atoms with Crippen molar-refractivity contribution in [3.8, 4) is 0 Å². The van der Waals surface area contributed by atoms with E-state index in [4.69, 9.17) is 11.6 Å². The zero-order valence-corrected chi connectivity index (χ0v) is 5.67. The molecule has 0 radical (unpaired) electrons. The van der Waals surface area contributed by atoms with Gasteiger partial charge in [-0.3, -0.25) is 11.6 Å². The van der Waals surface area contributed by atoms with Crippen LogP contribution in [0.2, 0.25) is 0 Å². The quantitative estimate of drug-likeness (QED) is 0.455. The van der Waals surface area contributed by atoms with Crippen molar-refractivity contribution in [1.82, 2.24) is 0 Å². The maximum atomic E-state index is 12.0. The molecule has 0 fully saturated rings. The maximum Gasteiger partial charge on any atom is 0.295 e. The number of nitrogens with zero attached hydrogens (tertiary/aromatic N) is 1. The fourth-order valence-electron chi connectivity index (χ4n) is 0.682. The van der Waals surface area contributed by atoms with E-state index in [1.807, 2.05) is 0 Å². The van der Waals surface area contributed by atoms with E-state index in [0.29, 0.717) is 0 Å².